The van der Waals surface area contributed by atoms with E-state index in [0.717, 1.165) is 65.1 Å². The van der Waals surface area contributed by atoms with Crippen LogP contribution in [-0.2, 0) is 20.1 Å². The Morgan fingerprint density at radius 3 is 2.06 bits per heavy atom. The Labute approximate surface area is 336 Å². The van der Waals surface area contributed by atoms with E-state index in [-0.39, 0.29) is 20.1 Å². The van der Waals surface area contributed by atoms with Crippen LogP contribution in [0.5, 0.6) is 0 Å². The molecule has 5 heteroatoms. The monoisotopic (exact) mass is 944 g/mol. The Morgan fingerprint density at radius 2 is 1.44 bits per heavy atom. The molecule has 52 heavy (non-hydrogen) atoms. The molecule has 3 heterocycles. The minimum absolute atomic E-state index is 0. The molecule has 3 aromatic heterocycles. The average Bonchev–Trinajstić information content (AvgIpc) is 3.48. The smallest absolute Gasteiger partial charge is 0.0347 e. The molecule has 0 N–H and O–H groups in total. The van der Waals surface area contributed by atoms with E-state index < -0.39 is 30.9 Å². The maximum atomic E-state index is 8.82. The second-order valence-corrected chi connectivity index (χ2v) is 26.6. The van der Waals surface area contributed by atoms with Crippen molar-refractivity contribution >= 4 is 49.2 Å². The number of hydrogen-bond donors (Lipinski definition) is 0. The number of benzene rings is 4. The second kappa shape index (κ2) is 16.7. The van der Waals surface area contributed by atoms with Gasteiger partial charge in [0.1, 0.15) is 0 Å². The van der Waals surface area contributed by atoms with Crippen LogP contribution in [-0.4, -0.2) is 23.2 Å². The molecule has 0 atom stereocenters. The minimum atomic E-state index is -1.77. The largest absolute Gasteiger partial charge is 0.305 e. The van der Waals surface area contributed by atoms with Gasteiger partial charge in [0.15, 0.2) is 0 Å². The number of rotatable bonds is 7. The topological polar surface area (TPSA) is 25.8 Å². The van der Waals surface area contributed by atoms with Crippen molar-refractivity contribution in [2.45, 2.75) is 83.4 Å². The SMILES string of the molecule is Cc1cc(-c2[c-]cccc2)nc[c]1[Ge]([CH3])([CH3])[CH3].[2H]C(C)(C)c1ccnc(-c2[c-]ccc3c2sc2cc(-c4c(C([2H])(C)C)cccc4C([2H])(C)C)ccc23)c1.[Ir]. The van der Waals surface area contributed by atoms with Crippen LogP contribution in [0.25, 0.3) is 53.8 Å². The summed E-state index contributed by atoms with van der Waals surface area (Å²) in [5.74, 6) is 4.91. The molecule has 0 bridgehead atoms. The van der Waals surface area contributed by atoms with Gasteiger partial charge >= 0.3 is 106 Å². The van der Waals surface area contributed by atoms with Gasteiger partial charge in [-0.05, 0) is 67.8 Å². The van der Waals surface area contributed by atoms with E-state index in [1.165, 1.54) is 15.3 Å². The van der Waals surface area contributed by atoms with Gasteiger partial charge in [-0.2, -0.15) is 11.3 Å². The first-order chi connectivity index (χ1) is 25.2. The van der Waals surface area contributed by atoms with Crippen molar-refractivity contribution < 1.29 is 24.2 Å². The maximum Gasteiger partial charge on any atom is 0.0347 e. The summed E-state index contributed by atoms with van der Waals surface area (Å²) in [6, 6.07) is 37.3. The molecule has 0 spiro atoms. The van der Waals surface area contributed by atoms with Crippen LogP contribution in [0.2, 0.25) is 17.3 Å². The van der Waals surface area contributed by atoms with Gasteiger partial charge in [0.2, 0.25) is 0 Å². The quantitative estimate of drug-likeness (QED) is 0.118. The van der Waals surface area contributed by atoms with Gasteiger partial charge in [0, 0.05) is 35.1 Å². The summed E-state index contributed by atoms with van der Waals surface area (Å²) in [6.45, 7) is 13.6. The molecule has 2 nitrogen and oxygen atoms in total. The predicted octanol–water partition coefficient (Wildman–Crippen LogP) is 13.4. The van der Waals surface area contributed by atoms with E-state index in [9.17, 15) is 0 Å². The van der Waals surface area contributed by atoms with Crippen molar-refractivity contribution in [1.82, 2.24) is 9.97 Å². The molecular weight excluding hydrogens is 889 g/mol. The van der Waals surface area contributed by atoms with Crippen LogP contribution in [0.15, 0.2) is 103 Å². The number of hydrogen-bond acceptors (Lipinski definition) is 3. The standard InChI is InChI=1S/C32H32NS.C15H18GeN.Ir/c1-19(2)22-15-16-33-29(17-22)28-12-8-11-27-26-14-13-23(18-30(26)34-32(27)28)31-24(20(3)4)9-7-10-25(31)21(5)6;1-12-10-15(13-8-6-5-7-9-13)17-11-14(12)16(2,3)4;/h7-11,13-21H,1-6H3;5-8,10-11H,1-4H3;/q2*-1;/i19D,20D,21D;;. The molecular formula is C47H50GeIrN2S-2. The van der Waals surface area contributed by atoms with Gasteiger partial charge in [-0.1, -0.05) is 88.9 Å². The summed E-state index contributed by atoms with van der Waals surface area (Å²) in [5, 5.41) is 2.33. The molecule has 7 rings (SSSR count). The van der Waals surface area contributed by atoms with Gasteiger partial charge < -0.3 is 4.98 Å². The zero-order valence-corrected chi connectivity index (χ0v) is 37.3. The molecule has 0 aliphatic carbocycles. The maximum absolute atomic E-state index is 8.82. The fourth-order valence-corrected chi connectivity index (χ4v) is 11.5. The Hall–Kier alpha value is -3.41. The third kappa shape index (κ3) is 8.52. The van der Waals surface area contributed by atoms with Crippen LogP contribution < -0.4 is 4.40 Å². The number of aryl methyl sites for hydroxylation is 1. The number of thiophene rings is 1. The molecule has 1 radical (unpaired) electrons. The van der Waals surface area contributed by atoms with Crippen molar-refractivity contribution in [2.24, 2.45) is 0 Å². The fourth-order valence-electron chi connectivity index (χ4n) is 6.70. The minimum Gasteiger partial charge on any atom is -0.305 e. The predicted molar refractivity (Wildman–Crippen MR) is 225 cm³/mol. The van der Waals surface area contributed by atoms with Crippen LogP contribution >= 0.6 is 11.3 Å². The van der Waals surface area contributed by atoms with E-state index in [1.807, 2.05) is 96.1 Å². The number of nitrogens with zero attached hydrogens (tertiary/aromatic N) is 2. The zero-order valence-electron chi connectivity index (χ0n) is 35.0. The van der Waals surface area contributed by atoms with Gasteiger partial charge in [-0.3, -0.25) is 0 Å². The molecule has 4 aromatic carbocycles. The van der Waals surface area contributed by atoms with E-state index in [0.29, 0.717) is 0 Å². The average molecular weight is 943 g/mol. The Bertz CT molecular complexity index is 2420. The third-order valence-electron chi connectivity index (χ3n) is 9.36. The Kier molecular flexibility index (Phi) is 11.5. The van der Waals surface area contributed by atoms with E-state index >= 15 is 0 Å². The summed E-state index contributed by atoms with van der Waals surface area (Å²) in [7, 11) is 0. The fraction of sp³-hybridized carbons (Fsp3) is 0.277. The molecule has 269 valence electrons. The molecule has 0 aliphatic rings. The Morgan fingerprint density at radius 1 is 0.712 bits per heavy atom. The molecule has 0 fully saturated rings. The van der Waals surface area contributed by atoms with Gasteiger partial charge in [0.25, 0.3) is 0 Å². The Balaban J connectivity index is 0.000000271. The first-order valence-electron chi connectivity index (χ1n) is 19.2. The molecule has 0 saturated carbocycles. The van der Waals surface area contributed by atoms with Gasteiger partial charge in [-0.15, -0.1) is 23.8 Å². The number of aromatic nitrogens is 2. The van der Waals surface area contributed by atoms with Crippen molar-refractivity contribution in [1.29, 1.82) is 0 Å². The first kappa shape index (κ1) is 35.6. The molecule has 0 unspecified atom stereocenters. The van der Waals surface area contributed by atoms with Crippen molar-refractivity contribution in [3.05, 3.63) is 138 Å². The second-order valence-electron chi connectivity index (χ2n) is 15.0. The molecule has 0 amide bonds. The van der Waals surface area contributed by atoms with Gasteiger partial charge in [0.05, 0.1) is 0 Å². The summed E-state index contributed by atoms with van der Waals surface area (Å²) in [6.07, 6.45) is 3.86. The third-order valence-corrected chi connectivity index (χ3v) is 15.0. The van der Waals surface area contributed by atoms with Crippen LogP contribution in [0.4, 0.5) is 0 Å². The zero-order chi connectivity index (χ0) is 39.2. The van der Waals surface area contributed by atoms with Gasteiger partial charge in [-0.25, -0.2) is 0 Å². The normalized spacial score (nSPS) is 13.1. The van der Waals surface area contributed by atoms with E-state index in [4.69, 9.17) is 4.11 Å². The molecule has 0 aliphatic heterocycles. The van der Waals surface area contributed by atoms with Crippen LogP contribution in [0, 0.1) is 19.1 Å². The van der Waals surface area contributed by atoms with Crippen molar-refractivity contribution in [3.8, 4) is 33.6 Å². The summed E-state index contributed by atoms with van der Waals surface area (Å²) in [5.41, 5.74) is 10.1. The van der Waals surface area contributed by atoms with E-state index in [2.05, 4.69) is 88.9 Å². The number of fused-ring (bicyclic) bond motifs is 3. The van der Waals surface area contributed by atoms with E-state index in [1.54, 1.807) is 17.5 Å². The number of pyridine rings is 2. The summed E-state index contributed by atoms with van der Waals surface area (Å²) in [4.78, 5) is 9.23. The van der Waals surface area contributed by atoms with Crippen molar-refractivity contribution in [2.75, 3.05) is 0 Å². The van der Waals surface area contributed by atoms with Crippen molar-refractivity contribution in [3.63, 3.8) is 0 Å². The van der Waals surface area contributed by atoms with Crippen LogP contribution in [0.3, 0.4) is 0 Å². The first-order valence-corrected chi connectivity index (χ1v) is 25.8. The summed E-state index contributed by atoms with van der Waals surface area (Å²) < 4.78 is 29.8. The summed E-state index contributed by atoms with van der Waals surface area (Å²) >= 11 is -0.0525. The molecule has 0 saturated heterocycles. The molecule has 7 aromatic rings. The van der Waals surface area contributed by atoms with Crippen LogP contribution in [0.1, 0.15) is 85.6 Å².